The Morgan fingerprint density at radius 3 is 2.39 bits per heavy atom. The van der Waals surface area contributed by atoms with Gasteiger partial charge in [0.25, 0.3) is 0 Å². The van der Waals surface area contributed by atoms with Crippen LogP contribution in [0.15, 0.2) is 35.5 Å². The maximum absolute atomic E-state index is 3.53. The van der Waals surface area contributed by atoms with Crippen LogP contribution in [0.2, 0.25) is 0 Å². The molecule has 0 amide bonds. The normalized spacial score (nSPS) is 25.4. The van der Waals surface area contributed by atoms with E-state index in [-0.39, 0.29) is 5.41 Å². The summed E-state index contributed by atoms with van der Waals surface area (Å²) < 4.78 is 0. The number of nitrogens with one attached hydrogen (secondary N) is 1. The van der Waals surface area contributed by atoms with Crippen LogP contribution in [0, 0.1) is 17.3 Å². The molecular weight excluding hydrogens is 218 g/mol. The van der Waals surface area contributed by atoms with Crippen molar-refractivity contribution in [1.29, 1.82) is 0 Å². The second kappa shape index (κ2) is 6.38. The Morgan fingerprint density at radius 2 is 1.78 bits per heavy atom. The summed E-state index contributed by atoms with van der Waals surface area (Å²) in [5.41, 5.74) is 3.22. The summed E-state index contributed by atoms with van der Waals surface area (Å²) in [7, 11) is 0. The topological polar surface area (TPSA) is 12.0 Å². The van der Waals surface area contributed by atoms with Gasteiger partial charge in [0.2, 0.25) is 0 Å². The van der Waals surface area contributed by atoms with Crippen molar-refractivity contribution in [2.75, 3.05) is 13.1 Å². The molecule has 0 aromatic heterocycles. The molecule has 1 heteroatoms. The van der Waals surface area contributed by atoms with Crippen LogP contribution in [0.5, 0.6) is 0 Å². The van der Waals surface area contributed by atoms with Gasteiger partial charge in [-0.15, -0.1) is 0 Å². The standard InChI is InChI=1S/C15H23N.C2H6/c1-11(2)14-10-16-9-12-5-7-15(3,4)8-6-13(12)14;1-2/h5-8,11,14,16H,9-10H2,1-4H3;1-2H3. The van der Waals surface area contributed by atoms with Crippen LogP contribution in [-0.2, 0) is 0 Å². The van der Waals surface area contributed by atoms with Gasteiger partial charge in [0.15, 0.2) is 0 Å². The Hall–Kier alpha value is -0.820. The van der Waals surface area contributed by atoms with Gasteiger partial charge in [-0.3, -0.25) is 0 Å². The Morgan fingerprint density at radius 1 is 1.17 bits per heavy atom. The van der Waals surface area contributed by atoms with Crippen molar-refractivity contribution in [1.82, 2.24) is 5.32 Å². The number of rotatable bonds is 1. The van der Waals surface area contributed by atoms with Crippen LogP contribution in [0.1, 0.15) is 41.5 Å². The van der Waals surface area contributed by atoms with Crippen LogP contribution in [0.3, 0.4) is 0 Å². The molecule has 0 fully saturated rings. The molecule has 0 saturated heterocycles. The maximum atomic E-state index is 3.53. The van der Waals surface area contributed by atoms with E-state index in [9.17, 15) is 0 Å². The third kappa shape index (κ3) is 3.58. The fraction of sp³-hybridized carbons (Fsp3) is 0.647. The van der Waals surface area contributed by atoms with Gasteiger partial charge in [-0.1, -0.05) is 65.8 Å². The predicted molar refractivity (Wildman–Crippen MR) is 81.6 cm³/mol. The van der Waals surface area contributed by atoms with E-state index in [1.807, 2.05) is 13.8 Å². The molecule has 0 aromatic rings. The molecule has 1 nitrogen and oxygen atoms in total. The number of hydrogen-bond donors (Lipinski definition) is 1. The van der Waals surface area contributed by atoms with Crippen LogP contribution in [-0.4, -0.2) is 13.1 Å². The van der Waals surface area contributed by atoms with Crippen molar-refractivity contribution < 1.29 is 0 Å². The van der Waals surface area contributed by atoms with Gasteiger partial charge < -0.3 is 5.32 Å². The van der Waals surface area contributed by atoms with E-state index in [0.717, 1.165) is 13.1 Å². The maximum Gasteiger partial charge on any atom is 0.0208 e. The number of hydrogen-bond acceptors (Lipinski definition) is 1. The molecule has 0 radical (unpaired) electrons. The Kier molecular flexibility index (Phi) is 5.40. The Labute approximate surface area is 113 Å². The van der Waals surface area contributed by atoms with E-state index >= 15 is 0 Å². The van der Waals surface area contributed by atoms with Crippen molar-refractivity contribution in [3.63, 3.8) is 0 Å². The molecule has 1 aliphatic heterocycles. The van der Waals surface area contributed by atoms with Gasteiger partial charge in [0.05, 0.1) is 0 Å². The fourth-order valence-corrected chi connectivity index (χ4v) is 2.47. The van der Waals surface area contributed by atoms with E-state index in [1.165, 1.54) is 5.57 Å². The SMILES string of the molecule is CC.CC(C)C1CNCC2=C1C=CC(C)(C)C=C2. The average Bonchev–Trinajstić information content (AvgIpc) is 2.51. The molecule has 1 unspecified atom stereocenters. The van der Waals surface area contributed by atoms with E-state index in [1.54, 1.807) is 5.57 Å². The third-order valence-corrected chi connectivity index (χ3v) is 3.66. The van der Waals surface area contributed by atoms with Gasteiger partial charge in [0.1, 0.15) is 0 Å². The van der Waals surface area contributed by atoms with E-state index in [0.29, 0.717) is 11.8 Å². The van der Waals surface area contributed by atoms with Crippen molar-refractivity contribution in [2.24, 2.45) is 17.3 Å². The lowest BCUT2D eigenvalue weighted by Crippen LogP contribution is -2.34. The number of allylic oxidation sites excluding steroid dienone is 3. The lowest BCUT2D eigenvalue weighted by molar-refractivity contribution is 0.408. The summed E-state index contributed by atoms with van der Waals surface area (Å²) in [6.45, 7) is 15.3. The van der Waals surface area contributed by atoms with Gasteiger partial charge in [-0.05, 0) is 23.0 Å². The second-order valence-corrected chi connectivity index (χ2v) is 5.95. The first-order chi connectivity index (χ1) is 8.49. The first-order valence-corrected chi connectivity index (χ1v) is 7.32. The molecule has 0 spiro atoms. The van der Waals surface area contributed by atoms with Crippen LogP contribution < -0.4 is 5.32 Å². The smallest absolute Gasteiger partial charge is 0.0208 e. The summed E-state index contributed by atoms with van der Waals surface area (Å²) >= 11 is 0. The summed E-state index contributed by atoms with van der Waals surface area (Å²) in [5.74, 6) is 1.37. The monoisotopic (exact) mass is 247 g/mol. The first-order valence-electron chi connectivity index (χ1n) is 7.32. The highest BCUT2D eigenvalue weighted by molar-refractivity contribution is 5.42. The highest BCUT2D eigenvalue weighted by Crippen LogP contribution is 2.32. The molecule has 18 heavy (non-hydrogen) atoms. The average molecular weight is 247 g/mol. The third-order valence-electron chi connectivity index (χ3n) is 3.66. The molecule has 0 aromatic carbocycles. The van der Waals surface area contributed by atoms with Crippen LogP contribution >= 0.6 is 0 Å². The van der Waals surface area contributed by atoms with E-state index in [2.05, 4.69) is 57.3 Å². The summed E-state index contributed by atoms with van der Waals surface area (Å²) in [6, 6.07) is 0. The molecule has 0 bridgehead atoms. The zero-order valence-corrected chi connectivity index (χ0v) is 12.9. The van der Waals surface area contributed by atoms with Crippen molar-refractivity contribution in [2.45, 2.75) is 41.5 Å². The molecule has 2 aliphatic rings. The summed E-state index contributed by atoms with van der Waals surface area (Å²) in [5, 5.41) is 3.53. The quantitative estimate of drug-likeness (QED) is 0.727. The summed E-state index contributed by atoms with van der Waals surface area (Å²) in [4.78, 5) is 0. The van der Waals surface area contributed by atoms with Crippen LogP contribution in [0.25, 0.3) is 0 Å². The molecule has 1 aliphatic carbocycles. The van der Waals surface area contributed by atoms with Gasteiger partial charge in [0, 0.05) is 18.5 Å². The van der Waals surface area contributed by atoms with Crippen LogP contribution in [0.4, 0.5) is 0 Å². The molecule has 1 N–H and O–H groups in total. The van der Waals surface area contributed by atoms with E-state index in [4.69, 9.17) is 0 Å². The van der Waals surface area contributed by atoms with E-state index < -0.39 is 0 Å². The molecule has 102 valence electrons. The lowest BCUT2D eigenvalue weighted by atomic mass is 9.83. The largest absolute Gasteiger partial charge is 0.312 e. The second-order valence-electron chi connectivity index (χ2n) is 5.95. The minimum atomic E-state index is 0.193. The first kappa shape index (κ1) is 15.2. The highest BCUT2D eigenvalue weighted by atomic mass is 14.9. The van der Waals surface area contributed by atoms with Gasteiger partial charge >= 0.3 is 0 Å². The van der Waals surface area contributed by atoms with Gasteiger partial charge in [-0.25, -0.2) is 0 Å². The predicted octanol–water partition coefficient (Wildman–Crippen LogP) is 4.34. The van der Waals surface area contributed by atoms with Crippen molar-refractivity contribution in [3.05, 3.63) is 35.5 Å². The minimum Gasteiger partial charge on any atom is -0.312 e. The van der Waals surface area contributed by atoms with Crippen molar-refractivity contribution >= 4 is 0 Å². The Balaban J connectivity index is 0.000000771. The van der Waals surface area contributed by atoms with Crippen molar-refractivity contribution in [3.8, 4) is 0 Å². The zero-order chi connectivity index (χ0) is 13.8. The molecule has 1 heterocycles. The lowest BCUT2D eigenvalue weighted by Gasteiger charge is -2.29. The minimum absolute atomic E-state index is 0.193. The molecule has 0 saturated carbocycles. The molecule has 1 atom stereocenters. The fourth-order valence-electron chi connectivity index (χ4n) is 2.47. The zero-order valence-electron chi connectivity index (χ0n) is 12.9. The molecule has 2 rings (SSSR count). The van der Waals surface area contributed by atoms with Gasteiger partial charge in [-0.2, -0.15) is 0 Å². The molecular formula is C17H29N. The Bertz CT molecular complexity index is 356. The summed E-state index contributed by atoms with van der Waals surface area (Å²) in [6.07, 6.45) is 9.33. The highest BCUT2D eigenvalue weighted by Gasteiger charge is 2.25.